The van der Waals surface area contributed by atoms with Gasteiger partial charge in [0, 0.05) is 11.3 Å². The first-order valence-corrected chi connectivity index (χ1v) is 9.88. The summed E-state index contributed by atoms with van der Waals surface area (Å²) in [6.45, 7) is 0. The van der Waals surface area contributed by atoms with Gasteiger partial charge in [-0.25, -0.2) is 4.39 Å². The lowest BCUT2D eigenvalue weighted by Crippen LogP contribution is -2.40. The summed E-state index contributed by atoms with van der Waals surface area (Å²) in [4.78, 5) is 18.9. The monoisotopic (exact) mass is 401 g/mol. The Morgan fingerprint density at radius 1 is 1.03 bits per heavy atom. The van der Waals surface area contributed by atoms with Crippen LogP contribution >= 0.6 is 0 Å². The Bertz CT molecular complexity index is 1150. The van der Waals surface area contributed by atoms with E-state index >= 15 is 0 Å². The number of carbonyl (C=O) groups is 1. The lowest BCUT2D eigenvalue weighted by molar-refractivity contribution is -0.125. The van der Waals surface area contributed by atoms with Crippen LogP contribution in [0.1, 0.15) is 35.3 Å². The summed E-state index contributed by atoms with van der Waals surface area (Å²) in [7, 11) is 0. The Labute approximate surface area is 173 Å². The Balaban J connectivity index is 1.65. The molecule has 6 heteroatoms. The second-order valence-corrected chi connectivity index (χ2v) is 7.46. The van der Waals surface area contributed by atoms with Crippen molar-refractivity contribution in [3.8, 4) is 0 Å². The molecule has 2 unspecified atom stereocenters. The van der Waals surface area contributed by atoms with Crippen LogP contribution in [-0.4, -0.2) is 11.9 Å². The van der Waals surface area contributed by atoms with Gasteiger partial charge < -0.3 is 10.5 Å². The molecule has 0 saturated carbocycles. The largest absolute Gasteiger partial charge is 0.446 e. The fraction of sp³-hybridized carbons (Fsp3) is 0.167. The van der Waals surface area contributed by atoms with E-state index in [1.165, 1.54) is 6.07 Å². The first-order valence-electron chi connectivity index (χ1n) is 9.88. The summed E-state index contributed by atoms with van der Waals surface area (Å²) in [6.07, 6.45) is 0.609. The van der Waals surface area contributed by atoms with Gasteiger partial charge in [-0.05, 0) is 54.3 Å². The highest BCUT2D eigenvalue weighted by Gasteiger charge is 2.37. The van der Waals surface area contributed by atoms with Crippen LogP contribution in [0.15, 0.2) is 77.8 Å². The first kappa shape index (κ1) is 18.4. The molecule has 150 valence electrons. The molecule has 1 aliphatic carbocycles. The zero-order valence-electron chi connectivity index (χ0n) is 16.2. The van der Waals surface area contributed by atoms with E-state index < -0.39 is 12.0 Å². The average Bonchev–Trinajstić information content (AvgIpc) is 3.16. The third kappa shape index (κ3) is 3.10. The van der Waals surface area contributed by atoms with Crippen LogP contribution in [0.2, 0.25) is 0 Å². The highest BCUT2D eigenvalue weighted by atomic mass is 19.1. The molecule has 3 aromatic carbocycles. The van der Waals surface area contributed by atoms with Crippen LogP contribution in [0.5, 0.6) is 0 Å². The number of halogens is 1. The van der Waals surface area contributed by atoms with Crippen molar-refractivity contribution in [3.63, 3.8) is 0 Å². The number of carbonyl (C=O) groups excluding carboxylic acids is 1. The predicted octanol–water partition coefficient (Wildman–Crippen LogP) is 4.56. The van der Waals surface area contributed by atoms with Gasteiger partial charge >= 0.3 is 0 Å². The number of rotatable bonds is 3. The predicted molar refractivity (Wildman–Crippen MR) is 113 cm³/mol. The number of amides is 1. The molecule has 3 aromatic rings. The van der Waals surface area contributed by atoms with Crippen molar-refractivity contribution in [2.75, 3.05) is 4.90 Å². The topological polar surface area (TPSA) is 67.9 Å². The van der Waals surface area contributed by atoms with Gasteiger partial charge in [0.15, 0.2) is 0 Å². The zero-order chi connectivity index (χ0) is 20.7. The molecule has 5 nitrogen and oxygen atoms in total. The van der Waals surface area contributed by atoms with E-state index in [4.69, 9.17) is 15.5 Å². The van der Waals surface area contributed by atoms with Crippen molar-refractivity contribution < 1.29 is 13.9 Å². The molecule has 0 fully saturated rings. The summed E-state index contributed by atoms with van der Waals surface area (Å²) in [6, 6.07) is 22.2. The van der Waals surface area contributed by atoms with Crippen molar-refractivity contribution in [2.24, 2.45) is 10.7 Å². The molecule has 0 spiro atoms. The molecule has 1 heterocycles. The van der Waals surface area contributed by atoms with Crippen molar-refractivity contribution >= 4 is 23.3 Å². The molecule has 1 amide bonds. The molecule has 30 heavy (non-hydrogen) atoms. The standard InChI is InChI=1S/C24H20FN3O2/c25-16-11-12-18-15(14-16)10-13-21(18)28(17-6-2-1-3-7-17)24-27-20-9-5-4-8-19(20)22(30-24)23(26)29/h1-9,11-12,14,21-22H,10,13H2,(H2,26,29). The minimum atomic E-state index is -0.922. The maximum atomic E-state index is 13.8. The molecule has 2 aliphatic rings. The van der Waals surface area contributed by atoms with E-state index in [0.717, 1.165) is 29.7 Å². The number of nitrogens with zero attached hydrogens (tertiary/aromatic N) is 2. The van der Waals surface area contributed by atoms with E-state index in [9.17, 15) is 9.18 Å². The molecule has 0 radical (unpaired) electrons. The minimum absolute atomic E-state index is 0.0967. The van der Waals surface area contributed by atoms with E-state index in [1.54, 1.807) is 12.1 Å². The quantitative estimate of drug-likeness (QED) is 0.699. The SMILES string of the molecule is NC(=O)C1OC(N(c2ccccc2)C2CCc3cc(F)ccc32)=Nc2ccccc21. The number of benzene rings is 3. The van der Waals surface area contributed by atoms with Crippen LogP contribution in [0.4, 0.5) is 15.8 Å². The fourth-order valence-corrected chi connectivity index (χ4v) is 4.28. The Hall–Kier alpha value is -3.67. The Morgan fingerprint density at radius 2 is 1.80 bits per heavy atom. The summed E-state index contributed by atoms with van der Waals surface area (Å²) >= 11 is 0. The van der Waals surface area contributed by atoms with Gasteiger partial charge in [0.2, 0.25) is 6.10 Å². The lowest BCUT2D eigenvalue weighted by atomic mass is 10.0. The number of para-hydroxylation sites is 2. The van der Waals surface area contributed by atoms with Gasteiger partial charge in [-0.1, -0.05) is 42.5 Å². The van der Waals surface area contributed by atoms with Crippen LogP contribution in [0, 0.1) is 5.82 Å². The molecule has 2 atom stereocenters. The fourth-order valence-electron chi connectivity index (χ4n) is 4.28. The van der Waals surface area contributed by atoms with Gasteiger partial charge in [-0.2, -0.15) is 4.99 Å². The maximum Gasteiger partial charge on any atom is 0.298 e. The van der Waals surface area contributed by atoms with Crippen molar-refractivity contribution in [1.29, 1.82) is 0 Å². The third-order valence-corrected chi connectivity index (χ3v) is 5.62. The lowest BCUT2D eigenvalue weighted by Gasteiger charge is -2.35. The van der Waals surface area contributed by atoms with E-state index in [0.29, 0.717) is 17.3 Å². The van der Waals surface area contributed by atoms with Gasteiger partial charge in [0.1, 0.15) is 5.82 Å². The Kier molecular flexibility index (Phi) is 4.47. The van der Waals surface area contributed by atoms with Crippen LogP contribution in [0.3, 0.4) is 0 Å². The number of hydrogen-bond donors (Lipinski definition) is 1. The molecule has 0 saturated heterocycles. The number of aliphatic imine (C=N–C) groups is 1. The number of hydrogen-bond acceptors (Lipinski definition) is 4. The molecule has 2 N–H and O–H groups in total. The molecular weight excluding hydrogens is 381 g/mol. The van der Waals surface area contributed by atoms with E-state index in [1.807, 2.05) is 59.5 Å². The highest BCUT2D eigenvalue weighted by molar-refractivity contribution is 5.98. The van der Waals surface area contributed by atoms with Crippen molar-refractivity contribution in [2.45, 2.75) is 25.0 Å². The number of ether oxygens (including phenoxy) is 1. The van der Waals surface area contributed by atoms with E-state index in [-0.39, 0.29) is 11.9 Å². The molecular formula is C24H20FN3O2. The Morgan fingerprint density at radius 3 is 2.60 bits per heavy atom. The summed E-state index contributed by atoms with van der Waals surface area (Å²) in [5.74, 6) is -0.814. The van der Waals surface area contributed by atoms with Gasteiger partial charge in [-0.15, -0.1) is 0 Å². The molecule has 0 aromatic heterocycles. The second kappa shape index (κ2) is 7.30. The normalized spacial score (nSPS) is 19.3. The number of amidine groups is 1. The number of fused-ring (bicyclic) bond motifs is 2. The number of aryl methyl sites for hydroxylation is 1. The third-order valence-electron chi connectivity index (χ3n) is 5.62. The zero-order valence-corrected chi connectivity index (χ0v) is 16.2. The number of primary amides is 1. The molecule has 1 aliphatic heterocycles. The number of anilines is 1. The first-order chi connectivity index (χ1) is 14.6. The van der Waals surface area contributed by atoms with Crippen LogP contribution in [0.25, 0.3) is 0 Å². The smallest absolute Gasteiger partial charge is 0.298 e. The van der Waals surface area contributed by atoms with Crippen molar-refractivity contribution in [3.05, 3.63) is 95.3 Å². The van der Waals surface area contributed by atoms with Crippen molar-refractivity contribution in [1.82, 2.24) is 0 Å². The van der Waals surface area contributed by atoms with Crippen LogP contribution in [-0.2, 0) is 16.0 Å². The van der Waals surface area contributed by atoms with Crippen LogP contribution < -0.4 is 10.6 Å². The van der Waals surface area contributed by atoms with Gasteiger partial charge in [0.25, 0.3) is 11.9 Å². The van der Waals surface area contributed by atoms with Gasteiger partial charge in [0.05, 0.1) is 11.7 Å². The number of nitrogens with two attached hydrogens (primary N) is 1. The molecule has 5 rings (SSSR count). The molecule has 0 bridgehead atoms. The van der Waals surface area contributed by atoms with Gasteiger partial charge in [-0.3, -0.25) is 9.69 Å². The summed E-state index contributed by atoms with van der Waals surface area (Å²) < 4.78 is 19.8. The summed E-state index contributed by atoms with van der Waals surface area (Å²) in [5.41, 5.74) is 9.83. The maximum absolute atomic E-state index is 13.8. The average molecular weight is 401 g/mol. The highest BCUT2D eigenvalue weighted by Crippen LogP contribution is 2.42. The summed E-state index contributed by atoms with van der Waals surface area (Å²) in [5, 5.41) is 0. The van der Waals surface area contributed by atoms with E-state index in [2.05, 4.69) is 0 Å². The minimum Gasteiger partial charge on any atom is -0.446 e. The second-order valence-electron chi connectivity index (χ2n) is 7.46.